The van der Waals surface area contributed by atoms with Crippen molar-refractivity contribution < 1.29 is 19.2 Å². The average molecular weight is 338 g/mol. The van der Waals surface area contributed by atoms with E-state index in [0.29, 0.717) is 18.3 Å². The van der Waals surface area contributed by atoms with Gasteiger partial charge < -0.3 is 14.4 Å². The zero-order valence-electron chi connectivity index (χ0n) is 10.5. The van der Waals surface area contributed by atoms with E-state index in [2.05, 4.69) is 21.1 Å². The van der Waals surface area contributed by atoms with Crippen molar-refractivity contribution >= 4 is 21.9 Å². The molecule has 3 rings (SSSR count). The second-order valence-corrected chi connectivity index (χ2v) is 5.73. The number of carboxylic acid groups (broad SMARTS) is 1. The Balaban J connectivity index is 1.84. The summed E-state index contributed by atoms with van der Waals surface area (Å²) in [6.45, 7) is 0.715. The molecule has 5 nitrogen and oxygen atoms in total. The summed E-state index contributed by atoms with van der Waals surface area (Å²) in [5.74, 6) is 0.691. The molecule has 1 heterocycles. The van der Waals surface area contributed by atoms with Crippen LogP contribution in [0, 0.1) is 5.92 Å². The third kappa shape index (κ3) is 3.01. The number of halogens is 1. The fourth-order valence-electron chi connectivity index (χ4n) is 1.80. The van der Waals surface area contributed by atoms with Gasteiger partial charge in [0.25, 0.3) is 0 Å². The normalized spacial score (nSPS) is 14.2. The molecule has 0 bridgehead atoms. The molecule has 0 radical (unpaired) electrons. The maximum atomic E-state index is 10.8. The minimum Gasteiger partial charge on any atom is -0.493 e. The van der Waals surface area contributed by atoms with Crippen molar-refractivity contribution in [3.63, 3.8) is 0 Å². The summed E-state index contributed by atoms with van der Waals surface area (Å²) in [5.41, 5.74) is 0.616. The summed E-state index contributed by atoms with van der Waals surface area (Å²) in [6, 6.07) is 6.92. The van der Waals surface area contributed by atoms with Crippen molar-refractivity contribution in [1.29, 1.82) is 0 Å². The van der Waals surface area contributed by atoms with Crippen LogP contribution in [0.3, 0.4) is 0 Å². The molecule has 1 aliphatic carbocycles. The first-order valence-corrected chi connectivity index (χ1v) is 7.05. The van der Waals surface area contributed by atoms with E-state index < -0.39 is 5.97 Å². The smallest absolute Gasteiger partial charge is 0.358 e. The van der Waals surface area contributed by atoms with E-state index >= 15 is 0 Å². The zero-order valence-corrected chi connectivity index (χ0v) is 12.1. The molecule has 0 saturated heterocycles. The molecule has 6 heteroatoms. The molecule has 1 saturated carbocycles. The van der Waals surface area contributed by atoms with Gasteiger partial charge in [-0.15, -0.1) is 0 Å². The van der Waals surface area contributed by atoms with Crippen LogP contribution in [0.1, 0.15) is 23.3 Å². The molecule has 0 amide bonds. The largest absolute Gasteiger partial charge is 0.493 e. The Kier molecular flexibility index (Phi) is 3.48. The highest BCUT2D eigenvalue weighted by Gasteiger charge is 2.22. The number of benzene rings is 1. The lowest BCUT2D eigenvalue weighted by Crippen LogP contribution is -1.98. The number of carbonyl (C=O) groups is 1. The minimum absolute atomic E-state index is 0.111. The highest BCUT2D eigenvalue weighted by molar-refractivity contribution is 9.10. The van der Waals surface area contributed by atoms with Crippen LogP contribution < -0.4 is 4.74 Å². The van der Waals surface area contributed by atoms with Crippen LogP contribution in [-0.4, -0.2) is 22.8 Å². The van der Waals surface area contributed by atoms with Gasteiger partial charge in [0.05, 0.1) is 6.61 Å². The monoisotopic (exact) mass is 337 g/mol. The molecule has 0 unspecified atom stereocenters. The highest BCUT2D eigenvalue weighted by Crippen LogP contribution is 2.32. The molecule has 2 aromatic rings. The fourth-order valence-corrected chi connectivity index (χ4v) is 2.27. The van der Waals surface area contributed by atoms with Gasteiger partial charge in [-0.05, 0) is 37.0 Å². The van der Waals surface area contributed by atoms with Gasteiger partial charge in [-0.2, -0.15) is 0 Å². The van der Waals surface area contributed by atoms with Gasteiger partial charge in [0.2, 0.25) is 0 Å². The lowest BCUT2D eigenvalue weighted by molar-refractivity contribution is 0.0686. The van der Waals surface area contributed by atoms with Crippen molar-refractivity contribution in [2.24, 2.45) is 5.92 Å². The number of hydrogen-bond donors (Lipinski definition) is 1. The van der Waals surface area contributed by atoms with E-state index in [0.717, 1.165) is 15.8 Å². The summed E-state index contributed by atoms with van der Waals surface area (Å²) >= 11 is 3.41. The van der Waals surface area contributed by atoms with Gasteiger partial charge in [-0.3, -0.25) is 0 Å². The summed E-state index contributed by atoms with van der Waals surface area (Å²) in [4.78, 5) is 10.8. The molecule has 0 spiro atoms. The molecular weight excluding hydrogens is 326 g/mol. The number of aromatic carboxylic acids is 1. The van der Waals surface area contributed by atoms with E-state index in [-0.39, 0.29) is 5.69 Å². The van der Waals surface area contributed by atoms with Gasteiger partial charge in [-0.1, -0.05) is 21.1 Å². The van der Waals surface area contributed by atoms with Crippen LogP contribution in [0.4, 0.5) is 0 Å². The second kappa shape index (κ2) is 5.28. The minimum atomic E-state index is -1.11. The van der Waals surface area contributed by atoms with E-state index in [9.17, 15) is 4.79 Å². The fraction of sp³-hybridized carbons (Fsp3) is 0.286. The Morgan fingerprint density at radius 3 is 2.85 bits per heavy atom. The first-order valence-electron chi connectivity index (χ1n) is 6.25. The molecule has 1 aliphatic rings. The predicted octanol–water partition coefficient (Wildman–Crippen LogP) is 3.59. The van der Waals surface area contributed by atoms with Crippen molar-refractivity contribution in [2.75, 3.05) is 6.61 Å². The van der Waals surface area contributed by atoms with Gasteiger partial charge in [0.15, 0.2) is 11.5 Å². The SMILES string of the molecule is O=C(O)c1cc(-c2cc(Br)cc(OCC3CC3)c2)on1. The maximum absolute atomic E-state index is 10.8. The number of rotatable bonds is 5. The van der Waals surface area contributed by atoms with E-state index in [1.54, 1.807) is 0 Å². The molecular formula is C14H12BrNO4. The third-order valence-electron chi connectivity index (χ3n) is 3.07. The molecule has 1 fully saturated rings. The van der Waals surface area contributed by atoms with Crippen LogP contribution in [0.5, 0.6) is 5.75 Å². The number of ether oxygens (including phenoxy) is 1. The molecule has 1 N–H and O–H groups in total. The van der Waals surface area contributed by atoms with E-state index in [1.807, 2.05) is 18.2 Å². The standard InChI is InChI=1S/C14H12BrNO4/c15-10-3-9(13-6-12(14(17)18)16-20-13)4-11(5-10)19-7-8-1-2-8/h3-6,8H,1-2,7H2,(H,17,18). The Morgan fingerprint density at radius 2 is 2.20 bits per heavy atom. The molecule has 104 valence electrons. The first-order chi connectivity index (χ1) is 9.61. The van der Waals surface area contributed by atoms with Crippen LogP contribution in [0.25, 0.3) is 11.3 Å². The summed E-state index contributed by atoms with van der Waals surface area (Å²) in [7, 11) is 0. The number of aromatic nitrogens is 1. The highest BCUT2D eigenvalue weighted by atomic mass is 79.9. The third-order valence-corrected chi connectivity index (χ3v) is 3.53. The van der Waals surface area contributed by atoms with Gasteiger partial charge in [0, 0.05) is 16.1 Å². The van der Waals surface area contributed by atoms with Gasteiger partial charge in [0.1, 0.15) is 5.75 Å². The van der Waals surface area contributed by atoms with Crippen molar-refractivity contribution in [3.05, 3.63) is 34.4 Å². The predicted molar refractivity (Wildman–Crippen MR) is 74.8 cm³/mol. The molecule has 1 aromatic heterocycles. The van der Waals surface area contributed by atoms with Crippen molar-refractivity contribution in [1.82, 2.24) is 5.16 Å². The van der Waals surface area contributed by atoms with Crippen molar-refractivity contribution in [2.45, 2.75) is 12.8 Å². The maximum Gasteiger partial charge on any atom is 0.358 e. The number of nitrogens with zero attached hydrogens (tertiary/aromatic N) is 1. The van der Waals surface area contributed by atoms with E-state index in [1.165, 1.54) is 18.9 Å². The van der Waals surface area contributed by atoms with Gasteiger partial charge >= 0.3 is 5.97 Å². The molecule has 0 atom stereocenters. The topological polar surface area (TPSA) is 72.6 Å². The van der Waals surface area contributed by atoms with Crippen LogP contribution in [0.15, 0.2) is 33.3 Å². The molecule has 0 aliphatic heterocycles. The summed E-state index contributed by atoms with van der Waals surface area (Å²) in [5, 5.41) is 12.4. The van der Waals surface area contributed by atoms with Gasteiger partial charge in [-0.25, -0.2) is 4.79 Å². The summed E-state index contributed by atoms with van der Waals surface area (Å²) in [6.07, 6.45) is 2.45. The van der Waals surface area contributed by atoms with E-state index in [4.69, 9.17) is 14.4 Å². The Hall–Kier alpha value is -1.82. The Morgan fingerprint density at radius 1 is 1.40 bits per heavy atom. The van der Waals surface area contributed by atoms with Crippen LogP contribution >= 0.6 is 15.9 Å². The Labute approximate surface area is 123 Å². The lowest BCUT2D eigenvalue weighted by Gasteiger charge is -2.07. The molecule has 1 aromatic carbocycles. The van der Waals surface area contributed by atoms with Crippen LogP contribution in [-0.2, 0) is 0 Å². The zero-order chi connectivity index (χ0) is 14.1. The Bertz CT molecular complexity index is 648. The first kappa shape index (κ1) is 13.2. The number of carboxylic acids is 1. The average Bonchev–Trinajstić information content (AvgIpc) is 3.09. The van der Waals surface area contributed by atoms with Crippen molar-refractivity contribution in [3.8, 4) is 17.1 Å². The van der Waals surface area contributed by atoms with Crippen LogP contribution in [0.2, 0.25) is 0 Å². The lowest BCUT2D eigenvalue weighted by atomic mass is 10.1. The summed E-state index contributed by atoms with van der Waals surface area (Å²) < 4.78 is 11.6. The second-order valence-electron chi connectivity index (χ2n) is 4.81. The quantitative estimate of drug-likeness (QED) is 0.902. The molecule has 20 heavy (non-hydrogen) atoms. The number of hydrogen-bond acceptors (Lipinski definition) is 4.